The first kappa shape index (κ1) is 20.1. The Hall–Kier alpha value is -2.65. The Balaban J connectivity index is 1.78. The van der Waals surface area contributed by atoms with Gasteiger partial charge in [0, 0.05) is 6.07 Å². The Labute approximate surface area is 170 Å². The molecule has 148 valence electrons. The van der Waals surface area contributed by atoms with E-state index >= 15 is 0 Å². The van der Waals surface area contributed by atoms with Crippen LogP contribution in [0.4, 0.5) is 22.0 Å². The SMILES string of the molecule is CC(C)Oc1cc(Nc2nc(N[C@@H](C)c3ccc(F)cn3)nc(Cl)c2Cl)n[nH]1. The maximum atomic E-state index is 13.0. The predicted octanol–water partition coefficient (Wildman–Crippen LogP) is 4.74. The van der Waals surface area contributed by atoms with Crippen LogP contribution in [0, 0.1) is 5.82 Å². The van der Waals surface area contributed by atoms with Gasteiger partial charge in [-0.15, -0.1) is 0 Å². The lowest BCUT2D eigenvalue weighted by atomic mass is 10.2. The highest BCUT2D eigenvalue weighted by atomic mass is 35.5. The van der Waals surface area contributed by atoms with Gasteiger partial charge in [-0.25, -0.2) is 9.49 Å². The molecule has 0 fully saturated rings. The Morgan fingerprint density at radius 1 is 1.18 bits per heavy atom. The second-order valence-corrected chi connectivity index (χ2v) is 6.91. The minimum absolute atomic E-state index is 0.00254. The number of aromatic nitrogens is 5. The number of nitrogens with zero attached hydrogens (tertiary/aromatic N) is 4. The zero-order chi connectivity index (χ0) is 20.3. The van der Waals surface area contributed by atoms with E-state index in [1.165, 1.54) is 6.07 Å². The first-order valence-corrected chi connectivity index (χ1v) is 9.17. The van der Waals surface area contributed by atoms with Gasteiger partial charge >= 0.3 is 0 Å². The summed E-state index contributed by atoms with van der Waals surface area (Å²) in [6.07, 6.45) is 1.15. The Bertz CT molecular complexity index is 949. The lowest BCUT2D eigenvalue weighted by molar-refractivity contribution is 0.232. The predicted molar refractivity (Wildman–Crippen MR) is 106 cm³/mol. The fraction of sp³-hybridized carbons (Fsp3) is 0.294. The summed E-state index contributed by atoms with van der Waals surface area (Å²) in [5.41, 5.74) is 0.619. The van der Waals surface area contributed by atoms with Gasteiger partial charge in [0.15, 0.2) is 16.8 Å². The summed E-state index contributed by atoms with van der Waals surface area (Å²) in [7, 11) is 0. The van der Waals surface area contributed by atoms with Crippen molar-refractivity contribution in [3.63, 3.8) is 0 Å². The maximum absolute atomic E-state index is 13.0. The van der Waals surface area contributed by atoms with Crippen molar-refractivity contribution in [3.05, 3.63) is 46.1 Å². The van der Waals surface area contributed by atoms with Crippen LogP contribution in [0.5, 0.6) is 5.88 Å². The molecular formula is C17H18Cl2FN7O. The molecule has 3 N–H and O–H groups in total. The van der Waals surface area contributed by atoms with Crippen LogP contribution in [0.3, 0.4) is 0 Å². The highest BCUT2D eigenvalue weighted by Crippen LogP contribution is 2.31. The van der Waals surface area contributed by atoms with Gasteiger partial charge in [0.2, 0.25) is 11.8 Å². The summed E-state index contributed by atoms with van der Waals surface area (Å²) < 4.78 is 18.6. The lowest BCUT2D eigenvalue weighted by Gasteiger charge is -2.15. The second-order valence-electron chi connectivity index (χ2n) is 6.18. The van der Waals surface area contributed by atoms with E-state index in [1.807, 2.05) is 20.8 Å². The molecule has 3 aromatic rings. The summed E-state index contributed by atoms with van der Waals surface area (Å²) >= 11 is 12.3. The number of hydrogen-bond acceptors (Lipinski definition) is 7. The topological polar surface area (TPSA) is 101 Å². The van der Waals surface area contributed by atoms with Crippen molar-refractivity contribution in [2.24, 2.45) is 0 Å². The van der Waals surface area contributed by atoms with E-state index in [0.29, 0.717) is 17.4 Å². The van der Waals surface area contributed by atoms with Gasteiger partial charge in [-0.1, -0.05) is 23.2 Å². The largest absolute Gasteiger partial charge is 0.475 e. The number of ether oxygens (including phenoxy) is 1. The smallest absolute Gasteiger partial charge is 0.226 e. The number of halogens is 3. The number of H-pyrrole nitrogens is 1. The van der Waals surface area contributed by atoms with Gasteiger partial charge in [-0.05, 0) is 32.9 Å². The molecular weight excluding hydrogens is 408 g/mol. The number of aromatic amines is 1. The Morgan fingerprint density at radius 2 is 1.96 bits per heavy atom. The third-order valence-electron chi connectivity index (χ3n) is 3.51. The molecule has 3 aromatic heterocycles. The van der Waals surface area contributed by atoms with Crippen LogP contribution >= 0.6 is 23.2 Å². The molecule has 0 unspecified atom stereocenters. The van der Waals surface area contributed by atoms with Crippen molar-refractivity contribution < 1.29 is 9.13 Å². The Kier molecular flexibility index (Phi) is 6.15. The zero-order valence-electron chi connectivity index (χ0n) is 15.3. The minimum atomic E-state index is -0.409. The van der Waals surface area contributed by atoms with Gasteiger partial charge < -0.3 is 15.4 Å². The number of hydrogen-bond donors (Lipinski definition) is 3. The van der Waals surface area contributed by atoms with Crippen molar-refractivity contribution in [3.8, 4) is 5.88 Å². The fourth-order valence-electron chi connectivity index (χ4n) is 2.28. The number of nitrogens with one attached hydrogen (secondary N) is 3. The highest BCUT2D eigenvalue weighted by Gasteiger charge is 2.16. The van der Waals surface area contributed by atoms with Crippen LogP contribution in [0.25, 0.3) is 0 Å². The normalized spacial score (nSPS) is 12.1. The van der Waals surface area contributed by atoms with Gasteiger partial charge in [-0.3, -0.25) is 4.98 Å². The zero-order valence-corrected chi connectivity index (χ0v) is 16.8. The van der Waals surface area contributed by atoms with Crippen molar-refractivity contribution in [2.75, 3.05) is 10.6 Å². The summed E-state index contributed by atoms with van der Waals surface area (Å²) in [6, 6.07) is 4.29. The van der Waals surface area contributed by atoms with Crippen molar-refractivity contribution in [1.82, 2.24) is 25.1 Å². The molecule has 0 aliphatic heterocycles. The van der Waals surface area contributed by atoms with Gasteiger partial charge in [-0.2, -0.15) is 15.1 Å². The number of pyridine rings is 1. The fourth-order valence-corrected chi connectivity index (χ4v) is 2.58. The van der Waals surface area contributed by atoms with Crippen molar-refractivity contribution in [2.45, 2.75) is 32.9 Å². The molecule has 8 nitrogen and oxygen atoms in total. The summed E-state index contributed by atoms with van der Waals surface area (Å²) in [5, 5.41) is 13.1. The number of anilines is 3. The first-order chi connectivity index (χ1) is 13.3. The third-order valence-corrected chi connectivity index (χ3v) is 4.24. The molecule has 0 aliphatic carbocycles. The molecule has 3 heterocycles. The molecule has 1 atom stereocenters. The van der Waals surface area contributed by atoms with Crippen LogP contribution in [-0.2, 0) is 0 Å². The monoisotopic (exact) mass is 425 g/mol. The molecule has 0 aromatic carbocycles. The van der Waals surface area contributed by atoms with E-state index in [4.69, 9.17) is 27.9 Å². The molecule has 11 heteroatoms. The van der Waals surface area contributed by atoms with Crippen LogP contribution in [0.2, 0.25) is 10.2 Å². The third kappa shape index (κ3) is 4.99. The molecule has 0 saturated carbocycles. The molecule has 0 radical (unpaired) electrons. The minimum Gasteiger partial charge on any atom is -0.475 e. The lowest BCUT2D eigenvalue weighted by Crippen LogP contribution is -2.12. The molecule has 28 heavy (non-hydrogen) atoms. The average Bonchev–Trinajstić information content (AvgIpc) is 3.06. The van der Waals surface area contributed by atoms with Crippen LogP contribution in [-0.4, -0.2) is 31.3 Å². The van der Waals surface area contributed by atoms with Crippen LogP contribution in [0.1, 0.15) is 32.5 Å². The van der Waals surface area contributed by atoms with Gasteiger partial charge in [0.1, 0.15) is 10.8 Å². The summed E-state index contributed by atoms with van der Waals surface area (Å²) in [4.78, 5) is 12.5. The second kappa shape index (κ2) is 8.57. The molecule has 0 amide bonds. The van der Waals surface area contributed by atoms with Crippen molar-refractivity contribution in [1.29, 1.82) is 0 Å². The van der Waals surface area contributed by atoms with Crippen molar-refractivity contribution >= 4 is 40.8 Å². The maximum Gasteiger partial charge on any atom is 0.226 e. The first-order valence-electron chi connectivity index (χ1n) is 8.42. The van der Waals surface area contributed by atoms with Gasteiger partial charge in [0.05, 0.1) is 24.0 Å². The molecule has 0 aliphatic rings. The average molecular weight is 426 g/mol. The number of rotatable bonds is 7. The molecule has 3 rings (SSSR count). The van der Waals surface area contributed by atoms with E-state index in [-0.39, 0.29) is 34.1 Å². The van der Waals surface area contributed by atoms with E-state index in [2.05, 4.69) is 35.8 Å². The van der Waals surface area contributed by atoms with Crippen LogP contribution < -0.4 is 15.4 Å². The van der Waals surface area contributed by atoms with E-state index in [1.54, 1.807) is 12.1 Å². The standard InChI is InChI=1S/C17H18Cl2FN7O/c1-8(2)28-13-6-12(26-27-13)23-16-14(18)15(19)24-17(25-16)22-9(3)11-5-4-10(20)7-21-11/h4-9H,1-3H3,(H3,22,23,24,25,26,27)/t9-/m0/s1. The Morgan fingerprint density at radius 3 is 2.64 bits per heavy atom. The summed E-state index contributed by atoms with van der Waals surface area (Å²) in [5.74, 6) is 1.04. The van der Waals surface area contributed by atoms with E-state index < -0.39 is 5.82 Å². The molecule has 0 bridgehead atoms. The molecule has 0 spiro atoms. The van der Waals surface area contributed by atoms with E-state index in [9.17, 15) is 4.39 Å². The van der Waals surface area contributed by atoms with Crippen LogP contribution in [0.15, 0.2) is 24.4 Å². The highest BCUT2D eigenvalue weighted by molar-refractivity contribution is 6.42. The van der Waals surface area contributed by atoms with Gasteiger partial charge in [0.25, 0.3) is 0 Å². The summed E-state index contributed by atoms with van der Waals surface area (Å²) in [6.45, 7) is 5.65. The van der Waals surface area contributed by atoms with E-state index in [0.717, 1.165) is 6.20 Å². The molecule has 0 saturated heterocycles. The quantitative estimate of drug-likeness (QED) is 0.469.